The van der Waals surface area contributed by atoms with Crippen LogP contribution in [-0.4, -0.2) is 39.4 Å². The molecule has 1 aliphatic carbocycles. The van der Waals surface area contributed by atoms with Gasteiger partial charge in [-0.1, -0.05) is 18.0 Å². The number of hydrogen-bond acceptors (Lipinski definition) is 5. The van der Waals surface area contributed by atoms with Gasteiger partial charge >= 0.3 is 0 Å². The number of oxime groups is 1. The lowest BCUT2D eigenvalue weighted by atomic mass is 10.2. The predicted octanol–water partition coefficient (Wildman–Crippen LogP) is 1.58. The van der Waals surface area contributed by atoms with Crippen LogP contribution in [0.1, 0.15) is 40.4 Å². The van der Waals surface area contributed by atoms with E-state index in [1.807, 2.05) is 6.92 Å². The maximum Gasteiger partial charge on any atom is 0.266 e. The fraction of sp³-hybridized carbons (Fsp3) is 0.583. The van der Waals surface area contributed by atoms with Crippen molar-refractivity contribution in [2.75, 3.05) is 6.54 Å². The molecule has 0 atom stereocenters. The molecule has 0 spiro atoms. The second kappa shape index (κ2) is 6.01. The van der Waals surface area contributed by atoms with Gasteiger partial charge < -0.3 is 15.8 Å². The van der Waals surface area contributed by atoms with Gasteiger partial charge in [0.2, 0.25) is 0 Å². The minimum atomic E-state index is -0.0795. The number of hydrogen-bond donors (Lipinski definition) is 2. The highest BCUT2D eigenvalue weighted by Gasteiger charge is 2.29. The summed E-state index contributed by atoms with van der Waals surface area (Å²) in [6, 6.07) is 0.176. The van der Waals surface area contributed by atoms with Crippen LogP contribution in [0, 0.1) is 6.92 Å². The van der Waals surface area contributed by atoms with Crippen molar-refractivity contribution in [3.8, 4) is 0 Å². The Labute approximate surface area is 115 Å². The summed E-state index contributed by atoms with van der Waals surface area (Å²) in [5.41, 5.74) is 5.56. The van der Waals surface area contributed by atoms with Gasteiger partial charge in [-0.3, -0.25) is 4.79 Å². The van der Waals surface area contributed by atoms with Crippen LogP contribution < -0.4 is 5.73 Å². The molecular formula is C12H18N4O2S. The fourth-order valence-electron chi connectivity index (χ4n) is 2.39. The smallest absolute Gasteiger partial charge is 0.266 e. The number of rotatable bonds is 4. The van der Waals surface area contributed by atoms with Crippen LogP contribution in [-0.2, 0) is 0 Å². The van der Waals surface area contributed by atoms with E-state index in [1.165, 1.54) is 11.3 Å². The van der Waals surface area contributed by atoms with Crippen molar-refractivity contribution in [1.82, 2.24) is 9.88 Å². The second-order valence-electron chi connectivity index (χ2n) is 4.71. The van der Waals surface area contributed by atoms with Gasteiger partial charge in [0, 0.05) is 6.04 Å². The first-order chi connectivity index (χ1) is 9.11. The zero-order valence-electron chi connectivity index (χ0n) is 10.9. The lowest BCUT2D eigenvalue weighted by Gasteiger charge is -2.27. The monoisotopic (exact) mass is 282 g/mol. The maximum atomic E-state index is 12.5. The molecule has 1 amide bonds. The largest absolute Gasteiger partial charge is 0.409 e. The number of nitrogens with two attached hydrogens (primary N) is 1. The van der Waals surface area contributed by atoms with Gasteiger partial charge in [0.1, 0.15) is 4.88 Å². The Morgan fingerprint density at radius 3 is 2.84 bits per heavy atom. The molecule has 1 fully saturated rings. The number of aromatic nitrogens is 1. The molecule has 19 heavy (non-hydrogen) atoms. The van der Waals surface area contributed by atoms with Crippen molar-refractivity contribution in [2.24, 2.45) is 10.9 Å². The lowest BCUT2D eigenvalue weighted by Crippen LogP contribution is -2.44. The third-order valence-electron chi connectivity index (χ3n) is 3.32. The van der Waals surface area contributed by atoms with Crippen LogP contribution >= 0.6 is 11.3 Å². The standard InChI is InChI=1S/C12H18N4O2S/c1-8-14-6-10(19-8)12(17)16(7-11(13)15-18)9-4-2-3-5-9/h6,9,18H,2-5,7H2,1H3,(H2,13,15). The zero-order valence-corrected chi connectivity index (χ0v) is 11.7. The summed E-state index contributed by atoms with van der Waals surface area (Å²) < 4.78 is 0. The van der Waals surface area contributed by atoms with Gasteiger partial charge in [0.15, 0.2) is 5.84 Å². The fourth-order valence-corrected chi connectivity index (χ4v) is 3.12. The predicted molar refractivity (Wildman–Crippen MR) is 73.6 cm³/mol. The summed E-state index contributed by atoms with van der Waals surface area (Å²) in [6.07, 6.45) is 5.78. The average Bonchev–Trinajstić information content (AvgIpc) is 3.05. The topological polar surface area (TPSA) is 91.8 Å². The molecule has 0 radical (unpaired) electrons. The summed E-state index contributed by atoms with van der Waals surface area (Å²) in [7, 11) is 0. The quantitative estimate of drug-likeness (QED) is 0.379. The molecule has 7 heteroatoms. The maximum absolute atomic E-state index is 12.5. The van der Waals surface area contributed by atoms with E-state index in [1.54, 1.807) is 11.1 Å². The van der Waals surface area contributed by atoms with Crippen molar-refractivity contribution in [1.29, 1.82) is 0 Å². The Balaban J connectivity index is 2.18. The third kappa shape index (κ3) is 3.23. The molecule has 104 valence electrons. The average molecular weight is 282 g/mol. The molecule has 0 bridgehead atoms. The highest BCUT2D eigenvalue weighted by atomic mass is 32.1. The highest BCUT2D eigenvalue weighted by molar-refractivity contribution is 7.13. The van der Waals surface area contributed by atoms with Crippen molar-refractivity contribution in [3.63, 3.8) is 0 Å². The molecule has 0 aromatic carbocycles. The normalized spacial score (nSPS) is 16.8. The molecule has 3 N–H and O–H groups in total. The van der Waals surface area contributed by atoms with E-state index >= 15 is 0 Å². The summed E-state index contributed by atoms with van der Waals surface area (Å²) in [5.74, 6) is -0.0226. The van der Waals surface area contributed by atoms with Crippen LogP contribution in [0.4, 0.5) is 0 Å². The number of nitrogens with zero attached hydrogens (tertiary/aromatic N) is 3. The van der Waals surface area contributed by atoms with Gasteiger partial charge in [-0.15, -0.1) is 11.3 Å². The first kappa shape index (κ1) is 13.8. The van der Waals surface area contributed by atoms with Crippen LogP contribution in [0.15, 0.2) is 11.4 Å². The Kier molecular flexibility index (Phi) is 4.36. The molecule has 0 unspecified atom stereocenters. The molecule has 6 nitrogen and oxygen atoms in total. The zero-order chi connectivity index (χ0) is 13.8. The third-order valence-corrected chi connectivity index (χ3v) is 4.22. The van der Waals surface area contributed by atoms with Gasteiger partial charge in [-0.25, -0.2) is 4.98 Å². The minimum absolute atomic E-state index is 0.0569. The Bertz CT molecular complexity index is 480. The molecule has 1 heterocycles. The van der Waals surface area contributed by atoms with Crippen LogP contribution in [0.3, 0.4) is 0 Å². The van der Waals surface area contributed by atoms with Crippen LogP contribution in [0.5, 0.6) is 0 Å². The van der Waals surface area contributed by atoms with Crippen molar-refractivity contribution in [2.45, 2.75) is 38.6 Å². The Morgan fingerprint density at radius 2 is 2.32 bits per heavy atom. The van der Waals surface area contributed by atoms with E-state index < -0.39 is 0 Å². The number of carbonyl (C=O) groups excluding carboxylic acids is 1. The molecule has 2 rings (SSSR count). The highest BCUT2D eigenvalue weighted by Crippen LogP contribution is 2.26. The van der Waals surface area contributed by atoms with Gasteiger partial charge in [0.05, 0.1) is 17.7 Å². The number of amidine groups is 1. The van der Waals surface area contributed by atoms with Crippen molar-refractivity contribution >= 4 is 23.1 Å². The van der Waals surface area contributed by atoms with Gasteiger partial charge in [-0.2, -0.15) is 0 Å². The minimum Gasteiger partial charge on any atom is -0.409 e. The van der Waals surface area contributed by atoms with Crippen LogP contribution in [0.2, 0.25) is 0 Å². The molecule has 0 saturated heterocycles. The van der Waals surface area contributed by atoms with E-state index in [4.69, 9.17) is 10.9 Å². The van der Waals surface area contributed by atoms with Crippen LogP contribution in [0.25, 0.3) is 0 Å². The van der Waals surface area contributed by atoms with Crippen molar-refractivity contribution < 1.29 is 10.0 Å². The number of aryl methyl sites for hydroxylation is 1. The molecule has 1 aromatic heterocycles. The Hall–Kier alpha value is -1.63. The Morgan fingerprint density at radius 1 is 1.63 bits per heavy atom. The summed E-state index contributed by atoms with van der Waals surface area (Å²) in [5, 5.41) is 12.5. The second-order valence-corrected chi connectivity index (χ2v) is 5.94. The molecule has 1 aliphatic rings. The van der Waals surface area contributed by atoms with E-state index in [9.17, 15) is 4.79 Å². The lowest BCUT2D eigenvalue weighted by molar-refractivity contribution is 0.0717. The first-order valence-corrected chi connectivity index (χ1v) is 7.13. The van der Waals surface area contributed by atoms with Gasteiger partial charge in [0.25, 0.3) is 5.91 Å². The number of thiazole rings is 1. The number of carbonyl (C=O) groups is 1. The molecule has 1 saturated carbocycles. The SMILES string of the molecule is Cc1ncc(C(=O)N(C/C(N)=N/O)C2CCCC2)s1. The van der Waals surface area contributed by atoms with E-state index in [-0.39, 0.29) is 24.3 Å². The summed E-state index contributed by atoms with van der Waals surface area (Å²) >= 11 is 1.37. The van der Waals surface area contributed by atoms with Gasteiger partial charge in [-0.05, 0) is 19.8 Å². The molecule has 1 aromatic rings. The van der Waals surface area contributed by atoms with E-state index in [0.717, 1.165) is 30.7 Å². The van der Waals surface area contributed by atoms with E-state index in [2.05, 4.69) is 10.1 Å². The van der Waals surface area contributed by atoms with E-state index in [0.29, 0.717) is 4.88 Å². The van der Waals surface area contributed by atoms with Crippen molar-refractivity contribution in [3.05, 3.63) is 16.1 Å². The summed E-state index contributed by atoms with van der Waals surface area (Å²) in [4.78, 5) is 18.9. The molecular weight excluding hydrogens is 264 g/mol. The number of amides is 1. The summed E-state index contributed by atoms with van der Waals surface area (Å²) in [6.45, 7) is 2.03. The first-order valence-electron chi connectivity index (χ1n) is 6.31. The molecule has 0 aliphatic heterocycles.